The predicted molar refractivity (Wildman–Crippen MR) is 67.9 cm³/mol. The molecule has 3 atom stereocenters. The van der Waals surface area contributed by atoms with Gasteiger partial charge in [0.25, 0.3) is 0 Å². The second-order valence-electron chi connectivity index (χ2n) is 4.95. The Kier molecular flexibility index (Phi) is 2.93. The van der Waals surface area contributed by atoms with Crippen molar-refractivity contribution >= 4 is 0 Å². The normalized spacial score (nSPS) is 27.1. The monoisotopic (exact) mass is 246 g/mol. The third-order valence-electron chi connectivity index (χ3n) is 3.59. The van der Waals surface area contributed by atoms with Crippen molar-refractivity contribution < 1.29 is 5.11 Å². The van der Waals surface area contributed by atoms with E-state index >= 15 is 0 Å². The molecule has 2 aromatic rings. The molecule has 1 aliphatic carbocycles. The van der Waals surface area contributed by atoms with Gasteiger partial charge in [-0.1, -0.05) is 0 Å². The molecule has 1 fully saturated rings. The topological polar surface area (TPSA) is 55.0 Å². The Labute approximate surface area is 106 Å². The lowest BCUT2D eigenvalue weighted by Gasteiger charge is -2.42. The van der Waals surface area contributed by atoms with Crippen molar-refractivity contribution in [3.63, 3.8) is 0 Å². The summed E-state index contributed by atoms with van der Waals surface area (Å²) in [5.74, 6) is 0. The fraction of sp³-hybridized carbons (Fsp3) is 0.462. The summed E-state index contributed by atoms with van der Waals surface area (Å²) in [4.78, 5) is 0. The van der Waals surface area contributed by atoms with Gasteiger partial charge in [0.15, 0.2) is 0 Å². The van der Waals surface area contributed by atoms with Crippen molar-refractivity contribution in [3.05, 3.63) is 42.5 Å². The molecule has 5 heteroatoms. The minimum Gasteiger partial charge on any atom is -0.391 e. The zero-order valence-electron chi connectivity index (χ0n) is 10.4. The van der Waals surface area contributed by atoms with Crippen LogP contribution < -0.4 is 5.32 Å². The largest absolute Gasteiger partial charge is 0.391 e. The molecule has 0 spiro atoms. The number of aliphatic hydroxyl groups excluding tert-OH is 1. The maximum Gasteiger partial charge on any atom is 0.0932 e. The Morgan fingerprint density at radius 2 is 2.39 bits per heavy atom. The standard InChI is InChI=1S/C13H18N4O/c1-16-6-3-10(9-16)8-14-11-7-12(18)13(11)17-5-2-4-15-17/h2-6,9,11-14,18H,7-8H2,1H3/t11-,12+,13+/m0/s1. The van der Waals surface area contributed by atoms with Crippen LogP contribution in [0.15, 0.2) is 36.9 Å². The molecule has 1 saturated carbocycles. The summed E-state index contributed by atoms with van der Waals surface area (Å²) < 4.78 is 3.88. The lowest BCUT2D eigenvalue weighted by molar-refractivity contribution is -0.00821. The van der Waals surface area contributed by atoms with Crippen LogP contribution in [0.3, 0.4) is 0 Å². The summed E-state index contributed by atoms with van der Waals surface area (Å²) in [6.45, 7) is 0.829. The SMILES string of the molecule is Cn1ccc(CN[C@H]2C[C@@H](O)[C@@H]2n2cccn2)c1. The van der Waals surface area contributed by atoms with Crippen molar-refractivity contribution in [2.24, 2.45) is 7.05 Å². The van der Waals surface area contributed by atoms with Crippen molar-refractivity contribution in [3.8, 4) is 0 Å². The van der Waals surface area contributed by atoms with Crippen molar-refractivity contribution in [1.82, 2.24) is 19.7 Å². The average molecular weight is 246 g/mol. The van der Waals surface area contributed by atoms with Crippen LogP contribution in [0.2, 0.25) is 0 Å². The molecular weight excluding hydrogens is 228 g/mol. The fourth-order valence-electron chi connectivity index (χ4n) is 2.55. The van der Waals surface area contributed by atoms with E-state index in [0.717, 1.165) is 13.0 Å². The molecule has 0 bridgehead atoms. The average Bonchev–Trinajstić information content (AvgIpc) is 2.96. The highest BCUT2D eigenvalue weighted by molar-refractivity contribution is 5.10. The lowest BCUT2D eigenvalue weighted by Crippen LogP contribution is -2.54. The molecule has 2 aromatic heterocycles. The molecule has 2 N–H and O–H groups in total. The Morgan fingerprint density at radius 3 is 3.00 bits per heavy atom. The number of aryl methyl sites for hydroxylation is 1. The number of nitrogens with one attached hydrogen (secondary N) is 1. The number of hydrogen-bond donors (Lipinski definition) is 2. The molecule has 3 rings (SSSR count). The molecule has 0 aliphatic heterocycles. The maximum atomic E-state index is 9.85. The van der Waals surface area contributed by atoms with Crippen LogP contribution in [-0.4, -0.2) is 31.6 Å². The van der Waals surface area contributed by atoms with Gasteiger partial charge in [0, 0.05) is 44.4 Å². The number of hydrogen-bond acceptors (Lipinski definition) is 3. The van der Waals surface area contributed by atoms with Gasteiger partial charge < -0.3 is 15.0 Å². The second kappa shape index (κ2) is 4.59. The summed E-state index contributed by atoms with van der Waals surface area (Å²) in [5, 5.41) is 17.5. The van der Waals surface area contributed by atoms with Gasteiger partial charge in [-0.3, -0.25) is 4.68 Å². The van der Waals surface area contributed by atoms with Gasteiger partial charge in [-0.05, 0) is 24.1 Å². The van der Waals surface area contributed by atoms with Gasteiger partial charge in [0.2, 0.25) is 0 Å². The summed E-state index contributed by atoms with van der Waals surface area (Å²) in [5.41, 5.74) is 1.26. The van der Waals surface area contributed by atoms with Crippen LogP contribution in [0, 0.1) is 0 Å². The molecule has 1 aliphatic rings. The Hall–Kier alpha value is -1.59. The first-order chi connectivity index (χ1) is 8.74. The molecule has 18 heavy (non-hydrogen) atoms. The van der Waals surface area contributed by atoms with Gasteiger partial charge in [0.05, 0.1) is 12.1 Å². The molecule has 0 aromatic carbocycles. The van der Waals surface area contributed by atoms with E-state index < -0.39 is 0 Å². The van der Waals surface area contributed by atoms with Crippen LogP contribution in [0.4, 0.5) is 0 Å². The van der Waals surface area contributed by atoms with E-state index in [0.29, 0.717) is 6.04 Å². The van der Waals surface area contributed by atoms with Gasteiger partial charge >= 0.3 is 0 Å². The number of aromatic nitrogens is 3. The Balaban J connectivity index is 1.60. The maximum absolute atomic E-state index is 9.85. The molecule has 0 amide bonds. The Morgan fingerprint density at radius 1 is 1.50 bits per heavy atom. The van der Waals surface area contributed by atoms with Crippen LogP contribution >= 0.6 is 0 Å². The van der Waals surface area contributed by atoms with E-state index in [-0.39, 0.29) is 12.1 Å². The number of aliphatic hydroxyl groups is 1. The summed E-state index contributed by atoms with van der Waals surface area (Å²) >= 11 is 0. The molecule has 0 unspecified atom stereocenters. The summed E-state index contributed by atoms with van der Waals surface area (Å²) in [6, 6.07) is 4.34. The van der Waals surface area contributed by atoms with E-state index in [4.69, 9.17) is 0 Å². The molecule has 2 heterocycles. The Bertz CT molecular complexity index is 505. The second-order valence-corrected chi connectivity index (χ2v) is 4.95. The predicted octanol–water partition coefficient (Wildman–Crippen LogP) is 0.686. The minimum absolute atomic E-state index is 0.0590. The first kappa shape index (κ1) is 11.5. The molecule has 0 radical (unpaired) electrons. The smallest absolute Gasteiger partial charge is 0.0932 e. The van der Waals surface area contributed by atoms with E-state index in [9.17, 15) is 5.11 Å². The molecule has 96 valence electrons. The van der Waals surface area contributed by atoms with Gasteiger partial charge in [-0.15, -0.1) is 0 Å². The number of nitrogens with zero attached hydrogens (tertiary/aromatic N) is 3. The van der Waals surface area contributed by atoms with E-state index in [1.54, 1.807) is 6.20 Å². The molecular formula is C13H18N4O. The van der Waals surface area contributed by atoms with Crippen molar-refractivity contribution in [2.45, 2.75) is 31.2 Å². The minimum atomic E-state index is -0.293. The number of rotatable bonds is 4. The highest BCUT2D eigenvalue weighted by Crippen LogP contribution is 2.32. The van der Waals surface area contributed by atoms with Gasteiger partial charge in [-0.2, -0.15) is 5.10 Å². The quantitative estimate of drug-likeness (QED) is 0.834. The van der Waals surface area contributed by atoms with Gasteiger partial charge in [0.1, 0.15) is 0 Å². The highest BCUT2D eigenvalue weighted by atomic mass is 16.3. The molecule has 0 saturated heterocycles. The van der Waals surface area contributed by atoms with E-state index in [1.807, 2.05) is 34.8 Å². The van der Waals surface area contributed by atoms with Gasteiger partial charge in [-0.25, -0.2) is 0 Å². The van der Waals surface area contributed by atoms with E-state index in [2.05, 4.69) is 22.7 Å². The van der Waals surface area contributed by atoms with Crippen LogP contribution in [0.25, 0.3) is 0 Å². The van der Waals surface area contributed by atoms with Crippen molar-refractivity contribution in [2.75, 3.05) is 0 Å². The van der Waals surface area contributed by atoms with Crippen LogP contribution in [0.1, 0.15) is 18.0 Å². The van der Waals surface area contributed by atoms with Crippen LogP contribution in [0.5, 0.6) is 0 Å². The highest BCUT2D eigenvalue weighted by Gasteiger charge is 2.41. The summed E-state index contributed by atoms with van der Waals surface area (Å²) in [6.07, 6.45) is 8.29. The third kappa shape index (κ3) is 2.07. The zero-order chi connectivity index (χ0) is 12.5. The third-order valence-corrected chi connectivity index (χ3v) is 3.59. The van der Waals surface area contributed by atoms with Crippen molar-refractivity contribution in [1.29, 1.82) is 0 Å². The first-order valence-electron chi connectivity index (χ1n) is 6.25. The summed E-state index contributed by atoms with van der Waals surface area (Å²) in [7, 11) is 2.02. The van der Waals surface area contributed by atoms with Crippen LogP contribution in [-0.2, 0) is 13.6 Å². The molecule has 5 nitrogen and oxygen atoms in total. The van der Waals surface area contributed by atoms with E-state index in [1.165, 1.54) is 5.56 Å². The fourth-order valence-corrected chi connectivity index (χ4v) is 2.55. The lowest BCUT2D eigenvalue weighted by atomic mass is 9.83. The zero-order valence-corrected chi connectivity index (χ0v) is 10.4. The first-order valence-corrected chi connectivity index (χ1v) is 6.25.